The van der Waals surface area contributed by atoms with Gasteiger partial charge >= 0.3 is 0 Å². The second kappa shape index (κ2) is 8.93. The number of amides is 1. The Hall–Kier alpha value is -2.53. The Labute approximate surface area is 143 Å². The zero-order valence-corrected chi connectivity index (χ0v) is 14.4. The van der Waals surface area contributed by atoms with Crippen molar-refractivity contribution in [2.75, 3.05) is 34.4 Å². The summed E-state index contributed by atoms with van der Waals surface area (Å²) in [6.45, 7) is 0.499. The van der Waals surface area contributed by atoms with Crippen LogP contribution in [0.25, 0.3) is 0 Å². The molecular formula is C19H24N2O3. The number of methoxy groups -OCH3 is 1. The minimum Gasteiger partial charge on any atom is -0.497 e. The summed E-state index contributed by atoms with van der Waals surface area (Å²) in [5.74, 6) is 1.34. The van der Waals surface area contributed by atoms with Crippen molar-refractivity contribution >= 4 is 5.91 Å². The number of likely N-dealkylation sites (N-methyl/N-ethyl adjacent to an activating group) is 1. The third kappa shape index (κ3) is 5.28. The Morgan fingerprint density at radius 3 is 2.46 bits per heavy atom. The van der Waals surface area contributed by atoms with Gasteiger partial charge in [0.15, 0.2) is 6.61 Å². The summed E-state index contributed by atoms with van der Waals surface area (Å²) in [5, 5.41) is 2.92. The van der Waals surface area contributed by atoms with Crippen LogP contribution in [0.2, 0.25) is 0 Å². The van der Waals surface area contributed by atoms with E-state index in [1.807, 2.05) is 68.7 Å². The first-order valence-corrected chi connectivity index (χ1v) is 7.85. The van der Waals surface area contributed by atoms with Crippen molar-refractivity contribution in [1.29, 1.82) is 0 Å². The van der Waals surface area contributed by atoms with Crippen molar-refractivity contribution < 1.29 is 14.3 Å². The molecule has 5 heteroatoms. The van der Waals surface area contributed by atoms with Crippen molar-refractivity contribution in [3.05, 3.63) is 60.2 Å². The lowest BCUT2D eigenvalue weighted by Gasteiger charge is -2.25. The number of carbonyl (C=O) groups is 1. The number of nitrogens with zero attached hydrogens (tertiary/aromatic N) is 1. The molecule has 0 aliphatic rings. The zero-order chi connectivity index (χ0) is 17.4. The fraction of sp³-hybridized carbons (Fsp3) is 0.316. The smallest absolute Gasteiger partial charge is 0.258 e. The van der Waals surface area contributed by atoms with Crippen LogP contribution >= 0.6 is 0 Å². The predicted molar refractivity (Wildman–Crippen MR) is 94.4 cm³/mol. The van der Waals surface area contributed by atoms with Crippen LogP contribution in [0.3, 0.4) is 0 Å². The first-order chi connectivity index (χ1) is 11.6. The van der Waals surface area contributed by atoms with Crippen LogP contribution in [0.1, 0.15) is 11.6 Å². The van der Waals surface area contributed by atoms with E-state index in [1.54, 1.807) is 7.11 Å². The minimum absolute atomic E-state index is 0.00225. The number of benzene rings is 2. The number of nitrogens with one attached hydrogen (secondary N) is 1. The Kier molecular flexibility index (Phi) is 6.63. The molecule has 0 aromatic heterocycles. The summed E-state index contributed by atoms with van der Waals surface area (Å²) in [6.07, 6.45) is 0. The van der Waals surface area contributed by atoms with Gasteiger partial charge in [-0.25, -0.2) is 0 Å². The van der Waals surface area contributed by atoms with Gasteiger partial charge in [0.05, 0.1) is 13.2 Å². The molecule has 5 nitrogen and oxygen atoms in total. The standard InChI is InChI=1S/C19H24N2O3/c1-21(2)18(15-8-7-11-17(12-15)23-3)13-20-19(22)14-24-16-9-5-4-6-10-16/h4-12,18H,13-14H2,1-3H3,(H,20,22). The topological polar surface area (TPSA) is 50.8 Å². The van der Waals surface area contributed by atoms with Crippen molar-refractivity contribution in [2.45, 2.75) is 6.04 Å². The maximum atomic E-state index is 12.0. The molecule has 0 aliphatic heterocycles. The molecule has 0 fully saturated rings. The van der Waals surface area contributed by atoms with E-state index in [1.165, 1.54) is 0 Å². The molecule has 1 amide bonds. The van der Waals surface area contributed by atoms with Crippen molar-refractivity contribution in [1.82, 2.24) is 10.2 Å². The van der Waals surface area contributed by atoms with E-state index in [0.29, 0.717) is 12.3 Å². The highest BCUT2D eigenvalue weighted by Gasteiger charge is 2.16. The summed E-state index contributed by atoms with van der Waals surface area (Å²) in [7, 11) is 5.61. The molecule has 1 unspecified atom stereocenters. The molecule has 2 aromatic rings. The Morgan fingerprint density at radius 2 is 1.79 bits per heavy atom. The molecule has 0 radical (unpaired) electrons. The highest BCUT2D eigenvalue weighted by molar-refractivity contribution is 5.77. The highest BCUT2D eigenvalue weighted by atomic mass is 16.5. The lowest BCUT2D eigenvalue weighted by atomic mass is 10.1. The van der Waals surface area contributed by atoms with Crippen LogP contribution < -0.4 is 14.8 Å². The zero-order valence-electron chi connectivity index (χ0n) is 14.4. The minimum atomic E-state index is -0.145. The molecule has 2 aromatic carbocycles. The van der Waals surface area contributed by atoms with Gasteiger partial charge < -0.3 is 19.7 Å². The molecule has 0 heterocycles. The number of ether oxygens (including phenoxy) is 2. The van der Waals surface area contributed by atoms with Crippen LogP contribution in [0.15, 0.2) is 54.6 Å². The summed E-state index contributed by atoms with van der Waals surface area (Å²) >= 11 is 0. The number of carbonyl (C=O) groups excluding carboxylic acids is 1. The van der Waals surface area contributed by atoms with Crippen molar-refractivity contribution in [3.63, 3.8) is 0 Å². The predicted octanol–water partition coefficient (Wildman–Crippen LogP) is 2.49. The highest BCUT2D eigenvalue weighted by Crippen LogP contribution is 2.22. The molecule has 0 spiro atoms. The van der Waals surface area contributed by atoms with E-state index >= 15 is 0 Å². The maximum absolute atomic E-state index is 12.0. The van der Waals surface area contributed by atoms with E-state index in [-0.39, 0.29) is 18.6 Å². The van der Waals surface area contributed by atoms with E-state index in [4.69, 9.17) is 9.47 Å². The lowest BCUT2D eigenvalue weighted by Crippen LogP contribution is -2.36. The average molecular weight is 328 g/mol. The van der Waals surface area contributed by atoms with Gasteiger partial charge in [-0.2, -0.15) is 0 Å². The molecule has 0 aliphatic carbocycles. The van der Waals surface area contributed by atoms with E-state index in [9.17, 15) is 4.79 Å². The normalized spacial score (nSPS) is 11.8. The summed E-state index contributed by atoms with van der Waals surface area (Å²) in [4.78, 5) is 14.1. The first-order valence-electron chi connectivity index (χ1n) is 7.85. The SMILES string of the molecule is COc1cccc(C(CNC(=O)COc2ccccc2)N(C)C)c1. The molecule has 0 saturated heterocycles. The summed E-state index contributed by atoms with van der Waals surface area (Å²) in [5.41, 5.74) is 1.09. The molecule has 128 valence electrons. The Morgan fingerprint density at radius 1 is 1.08 bits per heavy atom. The number of rotatable bonds is 8. The number of hydrogen-bond acceptors (Lipinski definition) is 4. The van der Waals surface area contributed by atoms with Gasteiger partial charge in [0.1, 0.15) is 11.5 Å². The largest absolute Gasteiger partial charge is 0.497 e. The average Bonchev–Trinajstić information content (AvgIpc) is 2.61. The third-order valence-electron chi connectivity index (χ3n) is 3.71. The second-order valence-electron chi connectivity index (χ2n) is 5.66. The lowest BCUT2D eigenvalue weighted by molar-refractivity contribution is -0.123. The van der Waals surface area contributed by atoms with E-state index < -0.39 is 0 Å². The van der Waals surface area contributed by atoms with Crippen molar-refractivity contribution in [3.8, 4) is 11.5 Å². The van der Waals surface area contributed by atoms with Crippen LogP contribution in [0.5, 0.6) is 11.5 Å². The number of para-hydroxylation sites is 1. The van der Waals surface area contributed by atoms with Gasteiger partial charge in [-0.1, -0.05) is 30.3 Å². The first kappa shape index (κ1) is 17.8. The molecule has 1 atom stereocenters. The summed E-state index contributed by atoms with van der Waals surface area (Å²) < 4.78 is 10.7. The van der Waals surface area contributed by atoms with Crippen LogP contribution in [0, 0.1) is 0 Å². The van der Waals surface area contributed by atoms with Gasteiger partial charge in [0, 0.05) is 6.54 Å². The van der Waals surface area contributed by atoms with Crippen LogP contribution in [-0.2, 0) is 4.79 Å². The fourth-order valence-electron chi connectivity index (χ4n) is 2.37. The van der Waals surface area contributed by atoms with Gasteiger partial charge in [0.2, 0.25) is 0 Å². The van der Waals surface area contributed by atoms with Crippen LogP contribution in [-0.4, -0.2) is 45.2 Å². The molecule has 0 saturated carbocycles. The molecule has 2 rings (SSSR count). The van der Waals surface area contributed by atoms with Gasteiger partial charge in [-0.05, 0) is 43.9 Å². The van der Waals surface area contributed by atoms with Gasteiger partial charge in [-0.15, -0.1) is 0 Å². The maximum Gasteiger partial charge on any atom is 0.258 e. The van der Waals surface area contributed by atoms with Crippen molar-refractivity contribution in [2.24, 2.45) is 0 Å². The van der Waals surface area contributed by atoms with Gasteiger partial charge in [0.25, 0.3) is 5.91 Å². The summed E-state index contributed by atoms with van der Waals surface area (Å²) in [6, 6.07) is 17.2. The van der Waals surface area contributed by atoms with E-state index in [0.717, 1.165) is 11.3 Å². The Balaban J connectivity index is 1.90. The Bertz CT molecular complexity index is 644. The molecular weight excluding hydrogens is 304 g/mol. The van der Waals surface area contributed by atoms with Gasteiger partial charge in [-0.3, -0.25) is 4.79 Å². The molecule has 24 heavy (non-hydrogen) atoms. The molecule has 0 bridgehead atoms. The second-order valence-corrected chi connectivity index (χ2v) is 5.66. The van der Waals surface area contributed by atoms with Crippen LogP contribution in [0.4, 0.5) is 0 Å². The van der Waals surface area contributed by atoms with E-state index in [2.05, 4.69) is 10.2 Å². The quantitative estimate of drug-likeness (QED) is 0.809. The fourth-order valence-corrected chi connectivity index (χ4v) is 2.37. The monoisotopic (exact) mass is 328 g/mol. The third-order valence-corrected chi connectivity index (χ3v) is 3.71. The number of hydrogen-bond donors (Lipinski definition) is 1. The molecule has 1 N–H and O–H groups in total.